The fourth-order valence-corrected chi connectivity index (χ4v) is 3.68. The highest BCUT2D eigenvalue weighted by atomic mass is 16.5. The molecule has 27 heavy (non-hydrogen) atoms. The summed E-state index contributed by atoms with van der Waals surface area (Å²) in [4.78, 5) is 13.6. The van der Waals surface area contributed by atoms with E-state index in [2.05, 4.69) is 10.1 Å². The normalized spacial score (nSPS) is 16.0. The topological polar surface area (TPSA) is 86.5 Å². The quantitative estimate of drug-likeness (QED) is 0.722. The van der Waals surface area contributed by atoms with E-state index in [1.165, 1.54) is 0 Å². The number of aromatic nitrogens is 2. The fraction of sp³-hybridized carbons (Fsp3) is 0.400. The van der Waals surface area contributed by atoms with Gasteiger partial charge in [-0.2, -0.15) is 0 Å². The third-order valence-corrected chi connectivity index (χ3v) is 5.17. The van der Waals surface area contributed by atoms with Gasteiger partial charge in [0.25, 0.3) is 0 Å². The van der Waals surface area contributed by atoms with Gasteiger partial charge in [0.1, 0.15) is 24.2 Å². The van der Waals surface area contributed by atoms with Gasteiger partial charge in [-0.25, -0.2) is 0 Å². The Kier molecular flexibility index (Phi) is 4.85. The fourth-order valence-electron chi connectivity index (χ4n) is 3.68. The molecule has 142 valence electrons. The molecule has 0 aliphatic carbocycles. The van der Waals surface area contributed by atoms with Crippen molar-refractivity contribution in [1.29, 1.82) is 0 Å². The van der Waals surface area contributed by atoms with Crippen molar-refractivity contribution in [2.45, 2.75) is 39.0 Å². The Morgan fingerprint density at radius 3 is 2.85 bits per heavy atom. The Bertz CT molecular complexity index is 938. The van der Waals surface area contributed by atoms with Crippen molar-refractivity contribution in [2.75, 3.05) is 13.1 Å². The minimum atomic E-state index is -0.353. The van der Waals surface area contributed by atoms with Gasteiger partial charge < -0.3 is 19.6 Å². The number of ether oxygens (including phenoxy) is 1. The summed E-state index contributed by atoms with van der Waals surface area (Å²) in [5, 5.41) is 4.86. The van der Waals surface area contributed by atoms with Gasteiger partial charge in [-0.15, -0.1) is 0 Å². The molecule has 0 atom stereocenters. The maximum absolute atomic E-state index is 11.2. The number of hydrogen-bond donors (Lipinski definition) is 1. The van der Waals surface area contributed by atoms with E-state index in [0.717, 1.165) is 60.5 Å². The maximum atomic E-state index is 11.2. The van der Waals surface area contributed by atoms with E-state index in [0.29, 0.717) is 0 Å². The molecule has 1 aromatic carbocycles. The van der Waals surface area contributed by atoms with Crippen molar-refractivity contribution >= 4 is 16.8 Å². The number of likely N-dealkylation sites (tertiary alicyclic amines) is 1. The van der Waals surface area contributed by atoms with Crippen LogP contribution in [0.5, 0.6) is 5.75 Å². The molecule has 0 unspecified atom stereocenters. The Morgan fingerprint density at radius 1 is 1.33 bits per heavy atom. The number of benzene rings is 1. The van der Waals surface area contributed by atoms with E-state index in [-0.39, 0.29) is 18.6 Å². The number of fused-ring (bicyclic) bond motifs is 1. The van der Waals surface area contributed by atoms with Gasteiger partial charge in [-0.05, 0) is 38.0 Å². The maximum Gasteiger partial charge on any atom is 0.237 e. The van der Waals surface area contributed by atoms with Gasteiger partial charge in [-0.3, -0.25) is 9.69 Å². The molecule has 1 saturated heterocycles. The molecule has 3 aromatic rings. The van der Waals surface area contributed by atoms with Gasteiger partial charge >= 0.3 is 0 Å². The van der Waals surface area contributed by atoms with E-state index in [4.69, 9.17) is 15.0 Å². The molecule has 0 bridgehead atoms. The van der Waals surface area contributed by atoms with E-state index in [1.54, 1.807) is 6.20 Å². The minimum absolute atomic E-state index is 0.174. The standard InChI is InChI=1S/C20H24N4O3/c1-14-15(11-22-27-14)12-23-8-5-16(6-9-23)26-19-4-2-3-18-17(19)7-10-24(18)13-20(21)25/h2-4,7,10-11,16H,5-6,8-9,12-13H2,1H3,(H2,21,25). The summed E-state index contributed by atoms with van der Waals surface area (Å²) in [7, 11) is 0. The summed E-state index contributed by atoms with van der Waals surface area (Å²) in [5.74, 6) is 1.40. The Morgan fingerprint density at radius 2 is 2.15 bits per heavy atom. The van der Waals surface area contributed by atoms with Crippen molar-refractivity contribution in [3.8, 4) is 5.75 Å². The Balaban J connectivity index is 1.40. The van der Waals surface area contributed by atoms with Gasteiger partial charge in [0.2, 0.25) is 5.91 Å². The lowest BCUT2D eigenvalue weighted by Gasteiger charge is -2.32. The second kappa shape index (κ2) is 7.44. The van der Waals surface area contributed by atoms with Crippen LogP contribution in [-0.4, -0.2) is 39.7 Å². The number of hydrogen-bond acceptors (Lipinski definition) is 5. The number of piperidine rings is 1. The second-order valence-corrected chi connectivity index (χ2v) is 7.10. The van der Waals surface area contributed by atoms with Crippen LogP contribution in [0.25, 0.3) is 10.9 Å². The van der Waals surface area contributed by atoms with Crippen LogP contribution in [0.15, 0.2) is 41.2 Å². The molecule has 7 heteroatoms. The van der Waals surface area contributed by atoms with Crippen molar-refractivity contribution in [2.24, 2.45) is 5.73 Å². The van der Waals surface area contributed by atoms with Crippen LogP contribution >= 0.6 is 0 Å². The van der Waals surface area contributed by atoms with Crippen LogP contribution in [0.1, 0.15) is 24.2 Å². The van der Waals surface area contributed by atoms with Crippen LogP contribution in [-0.2, 0) is 17.9 Å². The molecule has 3 heterocycles. The van der Waals surface area contributed by atoms with Crippen molar-refractivity contribution in [3.63, 3.8) is 0 Å². The molecule has 7 nitrogen and oxygen atoms in total. The molecule has 4 rings (SSSR count). The first-order chi connectivity index (χ1) is 13.1. The van der Waals surface area contributed by atoms with Crippen molar-refractivity contribution < 1.29 is 14.1 Å². The van der Waals surface area contributed by atoms with Crippen LogP contribution < -0.4 is 10.5 Å². The molecule has 1 amide bonds. The van der Waals surface area contributed by atoms with Crippen LogP contribution in [0, 0.1) is 6.92 Å². The number of amides is 1. The van der Waals surface area contributed by atoms with Crippen molar-refractivity contribution in [3.05, 3.63) is 48.0 Å². The van der Waals surface area contributed by atoms with Crippen LogP contribution in [0.4, 0.5) is 0 Å². The first-order valence-corrected chi connectivity index (χ1v) is 9.25. The third-order valence-electron chi connectivity index (χ3n) is 5.17. The lowest BCUT2D eigenvalue weighted by Crippen LogP contribution is -2.37. The predicted molar refractivity (Wildman–Crippen MR) is 101 cm³/mol. The van der Waals surface area contributed by atoms with Gasteiger partial charge in [0.15, 0.2) is 0 Å². The lowest BCUT2D eigenvalue weighted by molar-refractivity contribution is -0.118. The average molecular weight is 368 g/mol. The summed E-state index contributed by atoms with van der Waals surface area (Å²) >= 11 is 0. The number of aryl methyl sites for hydroxylation is 1. The second-order valence-electron chi connectivity index (χ2n) is 7.10. The average Bonchev–Trinajstić information content (AvgIpc) is 3.24. The highest BCUT2D eigenvalue weighted by Gasteiger charge is 2.22. The van der Waals surface area contributed by atoms with Gasteiger partial charge in [-0.1, -0.05) is 11.2 Å². The van der Waals surface area contributed by atoms with E-state index in [1.807, 2.05) is 42.0 Å². The molecule has 1 aliphatic heterocycles. The summed E-state index contributed by atoms with van der Waals surface area (Å²) < 4.78 is 13.3. The van der Waals surface area contributed by atoms with E-state index in [9.17, 15) is 4.79 Å². The predicted octanol–water partition coefficient (Wildman–Crippen LogP) is 2.47. The van der Waals surface area contributed by atoms with Crippen molar-refractivity contribution in [1.82, 2.24) is 14.6 Å². The smallest absolute Gasteiger partial charge is 0.237 e. The molecule has 0 spiro atoms. The van der Waals surface area contributed by atoms with Gasteiger partial charge in [0.05, 0.1) is 11.7 Å². The number of carbonyl (C=O) groups excluding carboxylic acids is 1. The molecule has 0 saturated carbocycles. The number of carbonyl (C=O) groups is 1. The summed E-state index contributed by atoms with van der Waals surface area (Å²) in [6.07, 6.45) is 5.82. The zero-order valence-corrected chi connectivity index (χ0v) is 15.4. The number of primary amides is 1. The monoisotopic (exact) mass is 368 g/mol. The lowest BCUT2D eigenvalue weighted by atomic mass is 10.1. The molecule has 1 aliphatic rings. The molecule has 0 radical (unpaired) electrons. The Hall–Kier alpha value is -2.80. The highest BCUT2D eigenvalue weighted by Crippen LogP contribution is 2.29. The summed E-state index contributed by atoms with van der Waals surface area (Å²) in [6, 6.07) is 7.91. The third kappa shape index (κ3) is 3.83. The molecule has 1 fully saturated rings. The van der Waals surface area contributed by atoms with E-state index < -0.39 is 0 Å². The number of rotatable bonds is 6. The van der Waals surface area contributed by atoms with Crippen LogP contribution in [0.2, 0.25) is 0 Å². The molecular weight excluding hydrogens is 344 g/mol. The molecule has 2 aromatic heterocycles. The highest BCUT2D eigenvalue weighted by molar-refractivity contribution is 5.87. The summed E-state index contributed by atoms with van der Waals surface area (Å²) in [6.45, 7) is 4.95. The SMILES string of the molecule is Cc1oncc1CN1CCC(Oc2cccc3c2ccn3CC(N)=O)CC1. The largest absolute Gasteiger partial charge is 0.490 e. The number of nitrogens with two attached hydrogens (primary N) is 1. The first-order valence-electron chi connectivity index (χ1n) is 9.25. The molecule has 2 N–H and O–H groups in total. The zero-order valence-electron chi connectivity index (χ0n) is 15.4. The first kappa shape index (κ1) is 17.6. The summed E-state index contributed by atoms with van der Waals surface area (Å²) in [5.41, 5.74) is 7.44. The van der Waals surface area contributed by atoms with E-state index >= 15 is 0 Å². The zero-order chi connectivity index (χ0) is 18.8. The number of nitrogens with zero attached hydrogens (tertiary/aromatic N) is 3. The molecular formula is C20H24N4O3. The minimum Gasteiger partial charge on any atom is -0.490 e. The van der Waals surface area contributed by atoms with Gasteiger partial charge in [0, 0.05) is 36.8 Å². The Labute approximate surface area is 157 Å². The van der Waals surface area contributed by atoms with Crippen LogP contribution in [0.3, 0.4) is 0 Å².